The number of aliphatic carboxylic acids is 1. The Hall–Kier alpha value is -6.95. The quantitative estimate of drug-likeness (QED) is 0.0687. The summed E-state index contributed by atoms with van der Waals surface area (Å²) in [6.07, 6.45) is 1.10. The first-order valence-corrected chi connectivity index (χ1v) is 19.7. The van der Waals surface area contributed by atoms with Crippen LogP contribution in [0.1, 0.15) is 78.8 Å². The van der Waals surface area contributed by atoms with Crippen LogP contribution in [-0.2, 0) is 44.1 Å². The highest BCUT2D eigenvalue weighted by Gasteiger charge is 2.38. The number of hydrogen-bond donors (Lipinski definition) is 4. The number of aryl methyl sites for hydroxylation is 2. The van der Waals surface area contributed by atoms with Gasteiger partial charge in [0.1, 0.15) is 12.4 Å². The summed E-state index contributed by atoms with van der Waals surface area (Å²) in [4.78, 5) is 53.8. The number of anilines is 1. The van der Waals surface area contributed by atoms with Crippen LogP contribution in [0.3, 0.4) is 0 Å². The average Bonchev–Trinajstić information content (AvgIpc) is 3.91. The Labute approximate surface area is 354 Å². The number of carboxylic acid groups (broad SMARTS) is 1. The predicted molar refractivity (Wildman–Crippen MR) is 221 cm³/mol. The van der Waals surface area contributed by atoms with Crippen LogP contribution in [0, 0.1) is 6.92 Å². The molecule has 15 nitrogen and oxygen atoms in total. The Balaban J connectivity index is 0.000000845. The molecule has 0 aliphatic carbocycles. The molecule has 3 amide bonds. The van der Waals surface area contributed by atoms with Crippen molar-refractivity contribution in [1.29, 1.82) is 0 Å². The molecule has 6 aromatic rings. The summed E-state index contributed by atoms with van der Waals surface area (Å²) in [6, 6.07) is 24.2. The van der Waals surface area contributed by atoms with Gasteiger partial charge in [-0.25, -0.2) is 14.3 Å². The van der Waals surface area contributed by atoms with Crippen molar-refractivity contribution in [2.24, 2.45) is 0 Å². The molecule has 1 saturated heterocycles. The molecule has 7 rings (SSSR count). The first-order chi connectivity index (χ1) is 29.4. The number of ether oxygens (including phenoxy) is 1. The molecule has 0 radical (unpaired) electrons. The minimum absolute atomic E-state index is 0.0189. The molecule has 0 saturated carbocycles. The maximum absolute atomic E-state index is 12.7. The fourth-order valence-electron chi connectivity index (χ4n) is 6.39. The number of alkyl halides is 3. The van der Waals surface area contributed by atoms with Gasteiger partial charge < -0.3 is 25.0 Å². The number of aromatic nitrogens is 5. The summed E-state index contributed by atoms with van der Waals surface area (Å²) in [7, 11) is 0. The third-order valence-corrected chi connectivity index (χ3v) is 9.82. The first kappa shape index (κ1) is 44.6. The molecule has 324 valence electrons. The fourth-order valence-corrected chi connectivity index (χ4v) is 6.39. The van der Waals surface area contributed by atoms with Gasteiger partial charge in [-0.1, -0.05) is 74.5 Å². The average molecular weight is 855 g/mol. The van der Waals surface area contributed by atoms with E-state index in [0.717, 1.165) is 63.1 Å². The van der Waals surface area contributed by atoms with E-state index in [1.807, 2.05) is 62.7 Å². The Bertz CT molecular complexity index is 2550. The van der Waals surface area contributed by atoms with E-state index in [1.165, 1.54) is 5.56 Å². The Morgan fingerprint density at radius 2 is 1.66 bits per heavy atom. The number of benzene rings is 3. The summed E-state index contributed by atoms with van der Waals surface area (Å²) in [5, 5.41) is 23.9. The van der Waals surface area contributed by atoms with Crippen LogP contribution < -0.4 is 16.0 Å². The molecule has 18 heteroatoms. The highest BCUT2D eigenvalue weighted by molar-refractivity contribution is 6.01. The molecule has 3 aromatic carbocycles. The summed E-state index contributed by atoms with van der Waals surface area (Å²) in [5.41, 5.74) is 9.52. The van der Waals surface area contributed by atoms with E-state index in [0.29, 0.717) is 38.5 Å². The zero-order chi connectivity index (χ0) is 44.6. The monoisotopic (exact) mass is 854 g/mol. The van der Waals surface area contributed by atoms with Crippen molar-refractivity contribution in [2.75, 3.05) is 11.9 Å². The lowest BCUT2D eigenvalue weighted by atomic mass is 9.97. The lowest BCUT2D eigenvalue weighted by Gasteiger charge is -2.22. The van der Waals surface area contributed by atoms with Gasteiger partial charge in [-0.3, -0.25) is 19.7 Å². The molecule has 1 aliphatic rings. The van der Waals surface area contributed by atoms with Gasteiger partial charge in [0.25, 0.3) is 11.7 Å². The van der Waals surface area contributed by atoms with E-state index in [9.17, 15) is 27.6 Å². The lowest BCUT2D eigenvalue weighted by Crippen LogP contribution is -2.47. The summed E-state index contributed by atoms with van der Waals surface area (Å²) >= 11 is 0. The number of piperidine rings is 1. The number of carbonyl (C=O) groups is 4. The second-order valence-corrected chi connectivity index (χ2v) is 15.7. The van der Waals surface area contributed by atoms with Gasteiger partial charge in [0.2, 0.25) is 17.7 Å². The number of carbonyl (C=O) groups excluding carboxylic acids is 3. The highest BCUT2D eigenvalue weighted by atomic mass is 19.4. The Morgan fingerprint density at radius 3 is 2.31 bits per heavy atom. The number of halogens is 3. The predicted octanol–water partition coefficient (Wildman–Crippen LogP) is 6.98. The number of nitrogens with one attached hydrogen (secondary N) is 3. The third kappa shape index (κ3) is 11.7. The zero-order valence-electron chi connectivity index (χ0n) is 34.4. The van der Waals surface area contributed by atoms with Crippen LogP contribution in [0.5, 0.6) is 0 Å². The topological polar surface area (TPSA) is 203 Å². The molecule has 4 heterocycles. The minimum atomic E-state index is -5.08. The van der Waals surface area contributed by atoms with Gasteiger partial charge in [-0.15, -0.1) is 0 Å². The Morgan fingerprint density at radius 1 is 0.968 bits per heavy atom. The molecule has 1 atom stereocenters. The molecule has 62 heavy (non-hydrogen) atoms. The minimum Gasteiger partial charge on any atom is -0.475 e. The molecule has 1 unspecified atom stereocenters. The van der Waals surface area contributed by atoms with E-state index >= 15 is 0 Å². The van der Waals surface area contributed by atoms with Gasteiger partial charge in [-0.05, 0) is 78.3 Å². The molecule has 0 spiro atoms. The van der Waals surface area contributed by atoms with Crippen LogP contribution in [-0.4, -0.2) is 72.4 Å². The smallest absolute Gasteiger partial charge is 0.475 e. The van der Waals surface area contributed by atoms with Crippen molar-refractivity contribution in [2.45, 2.75) is 84.2 Å². The Kier molecular flexibility index (Phi) is 13.8. The van der Waals surface area contributed by atoms with Crippen molar-refractivity contribution >= 4 is 34.9 Å². The number of hydrogen-bond acceptors (Lipinski definition) is 11. The zero-order valence-corrected chi connectivity index (χ0v) is 34.4. The molecule has 1 aliphatic heterocycles. The first-order valence-electron chi connectivity index (χ1n) is 19.7. The van der Waals surface area contributed by atoms with Crippen LogP contribution >= 0.6 is 0 Å². The van der Waals surface area contributed by atoms with Gasteiger partial charge in [0, 0.05) is 48.0 Å². The maximum atomic E-state index is 12.7. The van der Waals surface area contributed by atoms with Crippen molar-refractivity contribution < 1.29 is 46.7 Å². The van der Waals surface area contributed by atoms with E-state index in [-0.39, 0.29) is 35.0 Å². The molecule has 4 N–H and O–H groups in total. The number of amides is 3. The van der Waals surface area contributed by atoms with Gasteiger partial charge in [0.05, 0.1) is 17.8 Å². The summed E-state index contributed by atoms with van der Waals surface area (Å²) in [5.74, 6) is -3.20. The fraction of sp³-hybridized carbons (Fsp3) is 0.318. The van der Waals surface area contributed by atoms with Gasteiger partial charge in [-0.2, -0.15) is 23.3 Å². The summed E-state index contributed by atoms with van der Waals surface area (Å²) in [6.45, 7) is 9.34. The molecule has 3 aromatic heterocycles. The molecular weight excluding hydrogens is 810 g/mol. The maximum Gasteiger partial charge on any atom is 0.490 e. The molecule has 0 bridgehead atoms. The van der Waals surface area contributed by atoms with Gasteiger partial charge >= 0.3 is 12.1 Å². The van der Waals surface area contributed by atoms with Crippen molar-refractivity contribution in [3.63, 3.8) is 0 Å². The second kappa shape index (κ2) is 19.2. The number of rotatable bonds is 13. The third-order valence-electron chi connectivity index (χ3n) is 9.82. The van der Waals surface area contributed by atoms with Crippen LogP contribution in [0.4, 0.5) is 18.9 Å². The summed E-state index contributed by atoms with van der Waals surface area (Å²) < 4.78 is 44.8. The van der Waals surface area contributed by atoms with Crippen molar-refractivity contribution in [3.8, 4) is 22.4 Å². The van der Waals surface area contributed by atoms with Crippen molar-refractivity contribution in [3.05, 3.63) is 119 Å². The normalized spacial score (nSPS) is 14.2. The van der Waals surface area contributed by atoms with Crippen molar-refractivity contribution in [1.82, 2.24) is 35.4 Å². The van der Waals surface area contributed by atoms with Crippen LogP contribution in [0.25, 0.3) is 27.9 Å². The SMILES string of the molecule is Cc1cc(-c2ncnn3cc(-c4ccc(COCCCc5ccc(NC6CCC(=O)NC6=O)cc5)cc4)cc23)ccc1CNC(=O)c1noc(C(C)(C)C)n1.O=C(O)C(F)(F)F. The molecule has 1 fully saturated rings. The second-order valence-electron chi connectivity index (χ2n) is 15.7. The number of carboxylic acids is 1. The van der Waals surface area contributed by atoms with Gasteiger partial charge in [0.15, 0.2) is 0 Å². The molecular formula is C44H45F3N8O7. The lowest BCUT2D eigenvalue weighted by molar-refractivity contribution is -0.192. The van der Waals surface area contributed by atoms with E-state index in [2.05, 4.69) is 84.7 Å². The van der Waals surface area contributed by atoms with Crippen LogP contribution in [0.15, 0.2) is 89.8 Å². The highest BCUT2D eigenvalue weighted by Crippen LogP contribution is 2.30. The number of nitrogens with zero attached hydrogens (tertiary/aromatic N) is 5. The van der Waals surface area contributed by atoms with E-state index < -0.39 is 12.1 Å². The van der Waals surface area contributed by atoms with Crippen LogP contribution in [0.2, 0.25) is 0 Å². The van der Waals surface area contributed by atoms with E-state index in [1.54, 1.807) is 6.33 Å². The number of fused-ring (bicyclic) bond motifs is 1. The standard InChI is InChI=1S/C42H44N8O5.C2HF3O2/c1-26-20-30(13-14-31(26)22-43-40(53)38-48-41(55-49-38)42(2,3)4)37-35-21-32(23-50(35)45-25-44-37)29-11-7-28(8-12-29)24-54-19-5-6-27-9-15-33(16-10-27)46-34-17-18-36(51)47-39(34)52;3-2(4,5)1(6)7/h7-16,20-21,23,25,34,46H,5-6,17-19,22,24H2,1-4H3,(H,43,53)(H,47,51,52);(H,6,7). The number of imide groups is 1. The largest absolute Gasteiger partial charge is 0.490 e. The van der Waals surface area contributed by atoms with E-state index in [4.69, 9.17) is 19.2 Å².